The van der Waals surface area contributed by atoms with E-state index < -0.39 is 11.2 Å². The molecule has 4 aliphatic rings. The maximum absolute atomic E-state index is 11.1. The summed E-state index contributed by atoms with van der Waals surface area (Å²) in [7, 11) is 0. The lowest BCUT2D eigenvalue weighted by Gasteiger charge is -2.46. The molecule has 0 aromatic rings. The van der Waals surface area contributed by atoms with Crippen LogP contribution in [0.3, 0.4) is 0 Å². The second kappa shape index (κ2) is 12.7. The lowest BCUT2D eigenvalue weighted by molar-refractivity contribution is -0.115. The quantitative estimate of drug-likeness (QED) is 0.205. The van der Waals surface area contributed by atoms with Gasteiger partial charge in [0.1, 0.15) is 5.60 Å². The molecule has 2 saturated heterocycles. The van der Waals surface area contributed by atoms with E-state index in [9.17, 15) is 10.2 Å². The minimum absolute atomic E-state index is 0.0514. The van der Waals surface area contributed by atoms with E-state index in [1.807, 2.05) is 6.92 Å². The third-order valence-corrected chi connectivity index (χ3v) is 10.2. The van der Waals surface area contributed by atoms with Crippen LogP contribution in [-0.2, 0) is 9.47 Å². The fourth-order valence-electron chi connectivity index (χ4n) is 8.07. The summed E-state index contributed by atoms with van der Waals surface area (Å²) in [6.45, 7) is 21.2. The third-order valence-electron chi connectivity index (χ3n) is 10.2. The molecule has 0 aromatic carbocycles. The molecule has 1 saturated carbocycles. The summed E-state index contributed by atoms with van der Waals surface area (Å²) in [6, 6.07) is 0. The molecule has 4 rings (SSSR count). The Morgan fingerprint density at radius 1 is 0.727 bits per heavy atom. The van der Waals surface area contributed by atoms with Crippen LogP contribution in [0.2, 0.25) is 0 Å². The average molecular weight is 601 g/mol. The van der Waals surface area contributed by atoms with Gasteiger partial charge in [-0.1, -0.05) is 111 Å². The molecule has 44 heavy (non-hydrogen) atoms. The van der Waals surface area contributed by atoms with Crippen LogP contribution in [0.5, 0.6) is 0 Å². The largest absolute Gasteiger partial charge is 0.393 e. The Bertz CT molecular complexity index is 1350. The molecule has 0 aromatic heterocycles. The first-order valence-electron chi connectivity index (χ1n) is 16.3. The van der Waals surface area contributed by atoms with Gasteiger partial charge in [0.15, 0.2) is 0 Å². The summed E-state index contributed by atoms with van der Waals surface area (Å²) in [6.07, 6.45) is 30.2. The molecule has 2 bridgehead atoms. The molecule has 1 aliphatic carbocycles. The van der Waals surface area contributed by atoms with E-state index >= 15 is 0 Å². The van der Waals surface area contributed by atoms with Gasteiger partial charge < -0.3 is 19.7 Å². The third kappa shape index (κ3) is 7.15. The highest BCUT2D eigenvalue weighted by molar-refractivity contribution is 5.38. The van der Waals surface area contributed by atoms with Crippen LogP contribution in [0, 0.1) is 10.8 Å². The number of allylic oxidation sites excluding steroid dienone is 14. The van der Waals surface area contributed by atoms with Crippen LogP contribution in [0.15, 0.2) is 107 Å². The van der Waals surface area contributed by atoms with Crippen molar-refractivity contribution in [3.05, 3.63) is 107 Å². The average Bonchev–Trinajstić information content (AvgIpc) is 3.47. The fourth-order valence-corrected chi connectivity index (χ4v) is 8.07. The molecule has 2 N–H and O–H groups in total. The van der Waals surface area contributed by atoms with Crippen molar-refractivity contribution in [3.8, 4) is 0 Å². The smallest absolute Gasteiger partial charge is 0.120 e. The molecule has 0 amide bonds. The predicted molar refractivity (Wildman–Crippen MR) is 183 cm³/mol. The van der Waals surface area contributed by atoms with Gasteiger partial charge in [-0.15, -0.1) is 0 Å². The lowest BCUT2D eigenvalue weighted by Crippen LogP contribution is -2.56. The van der Waals surface area contributed by atoms with Gasteiger partial charge in [-0.05, 0) is 83.1 Å². The van der Waals surface area contributed by atoms with Crippen LogP contribution in [-0.4, -0.2) is 45.3 Å². The fraction of sp³-hybridized carbons (Fsp3) is 0.550. The maximum Gasteiger partial charge on any atom is 0.120 e. The number of rotatable bonds is 9. The number of hydrogen-bond acceptors (Lipinski definition) is 4. The second-order valence-electron chi connectivity index (χ2n) is 15.4. The minimum atomic E-state index is -0.848. The number of ether oxygens (including phenoxy) is 2. The number of aliphatic hydroxyl groups is 2. The van der Waals surface area contributed by atoms with Crippen molar-refractivity contribution < 1.29 is 19.7 Å². The van der Waals surface area contributed by atoms with Crippen LogP contribution in [0.4, 0.5) is 0 Å². The standard InChI is InChI=1S/C40H56O4/c1-28(17-13-18-30(3)21-22-40-37(7,8)26-33(43-40)27-39(40,10)42)15-11-12-16-29(2)19-14-20-31(4)34-23-35-36(5,6)24-32(41)25-38(35,9)44-34/h11-23,32-34,41-42H,24-27H2,1-10H3/b12-11+,17-13+,19-14+,22-21+,28-15+,29-16+,30-18+,31-20+/t32-,33+,34+,38+,39+,40-/m0/s1. The Morgan fingerprint density at radius 3 is 1.89 bits per heavy atom. The summed E-state index contributed by atoms with van der Waals surface area (Å²) in [5.74, 6) is 0. The van der Waals surface area contributed by atoms with Gasteiger partial charge in [-0.25, -0.2) is 0 Å². The van der Waals surface area contributed by atoms with Crippen molar-refractivity contribution in [3.63, 3.8) is 0 Å². The molecule has 0 unspecified atom stereocenters. The summed E-state index contributed by atoms with van der Waals surface area (Å²) in [5, 5.41) is 21.5. The summed E-state index contributed by atoms with van der Waals surface area (Å²) >= 11 is 0. The Labute approximate surface area is 267 Å². The van der Waals surface area contributed by atoms with E-state index in [1.165, 1.54) is 5.57 Å². The number of hydrogen-bond donors (Lipinski definition) is 2. The molecule has 0 radical (unpaired) electrons. The van der Waals surface area contributed by atoms with E-state index in [0.29, 0.717) is 12.8 Å². The van der Waals surface area contributed by atoms with Crippen LogP contribution >= 0.6 is 0 Å². The zero-order valence-electron chi connectivity index (χ0n) is 28.8. The zero-order valence-corrected chi connectivity index (χ0v) is 28.8. The van der Waals surface area contributed by atoms with Crippen molar-refractivity contribution in [2.75, 3.05) is 0 Å². The predicted octanol–water partition coefficient (Wildman–Crippen LogP) is 8.97. The molecule has 3 fully saturated rings. The summed E-state index contributed by atoms with van der Waals surface area (Å²) in [5.41, 5.74) is 3.90. The van der Waals surface area contributed by atoms with Crippen molar-refractivity contribution in [2.45, 2.75) is 130 Å². The van der Waals surface area contributed by atoms with Gasteiger partial charge in [-0.2, -0.15) is 0 Å². The Hall–Kier alpha value is -2.50. The van der Waals surface area contributed by atoms with Crippen molar-refractivity contribution >= 4 is 0 Å². The van der Waals surface area contributed by atoms with Crippen LogP contribution < -0.4 is 0 Å². The van der Waals surface area contributed by atoms with Crippen LogP contribution in [0.25, 0.3) is 0 Å². The maximum atomic E-state index is 11.1. The highest BCUT2D eigenvalue weighted by Gasteiger charge is 2.67. The van der Waals surface area contributed by atoms with Gasteiger partial charge in [-0.3, -0.25) is 0 Å². The van der Waals surface area contributed by atoms with E-state index in [4.69, 9.17) is 9.47 Å². The molecule has 4 nitrogen and oxygen atoms in total. The molecule has 0 spiro atoms. The second-order valence-corrected chi connectivity index (χ2v) is 15.4. The molecular formula is C40H56O4. The van der Waals surface area contributed by atoms with Crippen molar-refractivity contribution in [2.24, 2.45) is 10.8 Å². The van der Waals surface area contributed by atoms with E-state index in [1.54, 1.807) is 0 Å². The van der Waals surface area contributed by atoms with Gasteiger partial charge in [0.05, 0.1) is 29.5 Å². The van der Waals surface area contributed by atoms with E-state index in [0.717, 1.165) is 35.1 Å². The highest BCUT2D eigenvalue weighted by atomic mass is 16.5. The highest BCUT2D eigenvalue weighted by Crippen LogP contribution is 2.60. The monoisotopic (exact) mass is 600 g/mol. The van der Waals surface area contributed by atoms with E-state index in [-0.39, 0.29) is 34.7 Å². The number of fused-ring (bicyclic) bond motifs is 3. The summed E-state index contributed by atoms with van der Waals surface area (Å²) in [4.78, 5) is 0. The van der Waals surface area contributed by atoms with Crippen LogP contribution in [0.1, 0.15) is 94.9 Å². The molecule has 4 heteroatoms. The normalized spacial score (nSPS) is 37.7. The van der Waals surface area contributed by atoms with Gasteiger partial charge in [0.25, 0.3) is 0 Å². The first-order chi connectivity index (χ1) is 20.4. The topological polar surface area (TPSA) is 58.9 Å². The molecule has 3 aliphatic heterocycles. The molecule has 240 valence electrons. The van der Waals surface area contributed by atoms with Gasteiger partial charge in [0.2, 0.25) is 0 Å². The van der Waals surface area contributed by atoms with Gasteiger partial charge >= 0.3 is 0 Å². The first kappa shape index (κ1) is 34.4. The van der Waals surface area contributed by atoms with Crippen molar-refractivity contribution in [1.29, 1.82) is 0 Å². The lowest BCUT2D eigenvalue weighted by atomic mass is 9.61. The Kier molecular flexibility index (Phi) is 9.93. The zero-order chi connectivity index (χ0) is 32.6. The Morgan fingerprint density at radius 2 is 1.30 bits per heavy atom. The van der Waals surface area contributed by atoms with Gasteiger partial charge in [0, 0.05) is 18.3 Å². The summed E-state index contributed by atoms with van der Waals surface area (Å²) < 4.78 is 12.8. The molecule has 3 heterocycles. The van der Waals surface area contributed by atoms with E-state index in [2.05, 4.69) is 141 Å². The number of aliphatic hydroxyl groups excluding tert-OH is 1. The van der Waals surface area contributed by atoms with Crippen molar-refractivity contribution in [1.82, 2.24) is 0 Å². The molecule has 6 atom stereocenters. The Balaban J connectivity index is 1.29. The molecular weight excluding hydrogens is 544 g/mol. The minimum Gasteiger partial charge on any atom is -0.393 e. The SMILES string of the molecule is CC(/C=C/C=C(C)/C=C/[C@]12O[C@H](CC1(C)C)C[C@@]2(C)O)=C\C=C\C=C(C)\C=C\C=C(/C)[C@H]1C=C2C(C)(C)C[C@H](O)C[C@@]2(C)O1. The first-order valence-corrected chi connectivity index (χ1v) is 16.3.